The molecule has 0 aliphatic heterocycles. The van der Waals surface area contributed by atoms with Crippen LogP contribution in [0.15, 0.2) is 60.9 Å². The summed E-state index contributed by atoms with van der Waals surface area (Å²) in [5.41, 5.74) is 4.11. The average molecular weight is 374 g/mol. The number of H-pyrrole nitrogens is 1. The van der Waals surface area contributed by atoms with Crippen molar-refractivity contribution in [3.63, 3.8) is 0 Å². The minimum absolute atomic E-state index is 0.103. The second kappa shape index (κ2) is 7.28. The van der Waals surface area contributed by atoms with Gasteiger partial charge in [0.2, 0.25) is 0 Å². The lowest BCUT2D eigenvalue weighted by Crippen LogP contribution is -1.89. The van der Waals surface area contributed by atoms with E-state index in [1.165, 1.54) is 6.07 Å². The summed E-state index contributed by atoms with van der Waals surface area (Å²) < 4.78 is 0. The van der Waals surface area contributed by atoms with Crippen LogP contribution in [0.5, 0.6) is 5.75 Å². The smallest absolute Gasteiger partial charge is 0.179 e. The van der Waals surface area contributed by atoms with Gasteiger partial charge in [0.1, 0.15) is 5.75 Å². The van der Waals surface area contributed by atoms with E-state index in [1.54, 1.807) is 24.5 Å². The highest BCUT2D eigenvalue weighted by Crippen LogP contribution is 2.28. The third-order valence-electron chi connectivity index (χ3n) is 3.90. The molecule has 6 nitrogen and oxygen atoms in total. The maximum atomic E-state index is 9.48. The fourth-order valence-electron chi connectivity index (χ4n) is 2.58. The van der Waals surface area contributed by atoms with Gasteiger partial charge in [-0.05, 0) is 58.5 Å². The predicted molar refractivity (Wildman–Crippen MR) is 102 cm³/mol. The van der Waals surface area contributed by atoms with Gasteiger partial charge in [0, 0.05) is 34.6 Å². The van der Waals surface area contributed by atoms with Gasteiger partial charge in [0.05, 0.1) is 5.02 Å². The number of aromatic nitrogens is 5. The minimum Gasteiger partial charge on any atom is -0.508 e. The molecule has 0 aliphatic carbocycles. The van der Waals surface area contributed by atoms with Crippen LogP contribution in [0.25, 0.3) is 22.5 Å². The van der Waals surface area contributed by atoms with Gasteiger partial charge in [0.25, 0.3) is 0 Å². The second-order valence-electron chi connectivity index (χ2n) is 5.67. The van der Waals surface area contributed by atoms with Crippen LogP contribution in [0.4, 0.5) is 0 Å². The lowest BCUT2D eigenvalue weighted by molar-refractivity contribution is 0.475. The third kappa shape index (κ3) is 3.64. The van der Waals surface area contributed by atoms with Crippen LogP contribution in [-0.4, -0.2) is 30.7 Å². The second-order valence-corrected chi connectivity index (χ2v) is 6.07. The van der Waals surface area contributed by atoms with E-state index in [1.807, 2.05) is 30.3 Å². The fourth-order valence-corrected chi connectivity index (χ4v) is 2.81. The highest BCUT2D eigenvalue weighted by atomic mass is 35.5. The van der Waals surface area contributed by atoms with Crippen molar-refractivity contribution >= 4 is 11.6 Å². The van der Waals surface area contributed by atoms with Crippen molar-refractivity contribution in [3.05, 3.63) is 77.1 Å². The number of aromatic amines is 1. The Balaban J connectivity index is 1.82. The Morgan fingerprint density at radius 3 is 2.56 bits per heavy atom. The first kappa shape index (κ1) is 16.8. The zero-order valence-electron chi connectivity index (χ0n) is 13.9. The molecule has 2 aromatic heterocycles. The minimum atomic E-state index is 0.103. The number of nitrogens with one attached hydrogen (secondary N) is 1. The molecule has 27 heavy (non-hydrogen) atoms. The molecule has 0 bridgehead atoms. The standard InChI is InChI=1S/C20H12ClN5O/c21-19-11-17(27)8-7-14(19)5-3-13-4-6-15(20-23-25-26-24-20)10-18(13)16-2-1-9-22-12-16/h1-2,4,6-12,27H,(H,23,24,25,26). The molecule has 0 fully saturated rings. The number of rotatable bonds is 2. The fraction of sp³-hybridized carbons (Fsp3) is 0. The van der Waals surface area contributed by atoms with E-state index in [2.05, 4.69) is 37.4 Å². The Hall–Kier alpha value is -3.69. The summed E-state index contributed by atoms with van der Waals surface area (Å²) in [6.07, 6.45) is 3.49. The van der Waals surface area contributed by atoms with Gasteiger partial charge in [-0.2, -0.15) is 0 Å². The van der Waals surface area contributed by atoms with E-state index < -0.39 is 0 Å². The van der Waals surface area contributed by atoms with Gasteiger partial charge in [-0.3, -0.25) is 4.98 Å². The van der Waals surface area contributed by atoms with Crippen molar-refractivity contribution in [3.8, 4) is 40.1 Å². The number of pyridine rings is 1. The summed E-state index contributed by atoms with van der Waals surface area (Å²) in [4.78, 5) is 4.19. The normalized spacial score (nSPS) is 10.3. The zero-order chi connectivity index (χ0) is 18.6. The molecule has 2 aromatic carbocycles. The van der Waals surface area contributed by atoms with Gasteiger partial charge in [-0.25, -0.2) is 5.10 Å². The van der Waals surface area contributed by atoms with Crippen LogP contribution in [0, 0.1) is 11.8 Å². The molecule has 7 heteroatoms. The van der Waals surface area contributed by atoms with Crippen molar-refractivity contribution in [1.82, 2.24) is 25.6 Å². The first-order valence-corrected chi connectivity index (χ1v) is 8.37. The number of nitrogens with zero attached hydrogens (tertiary/aromatic N) is 4. The molecule has 0 spiro atoms. The van der Waals surface area contributed by atoms with Gasteiger partial charge < -0.3 is 5.11 Å². The lowest BCUT2D eigenvalue weighted by Gasteiger charge is -2.07. The largest absolute Gasteiger partial charge is 0.508 e. The summed E-state index contributed by atoms with van der Waals surface area (Å²) in [5.74, 6) is 6.89. The maximum absolute atomic E-state index is 9.48. The van der Waals surface area contributed by atoms with Gasteiger partial charge in [-0.15, -0.1) is 5.10 Å². The summed E-state index contributed by atoms with van der Waals surface area (Å²) >= 11 is 6.15. The van der Waals surface area contributed by atoms with Gasteiger partial charge in [0.15, 0.2) is 5.82 Å². The molecule has 4 rings (SSSR count). The summed E-state index contributed by atoms with van der Waals surface area (Å²) in [7, 11) is 0. The molecule has 0 aliphatic rings. The Kier molecular flexibility index (Phi) is 4.52. The summed E-state index contributed by atoms with van der Waals surface area (Å²) in [5, 5.41) is 23.8. The molecular formula is C20H12ClN5O. The van der Waals surface area contributed by atoms with Crippen LogP contribution < -0.4 is 0 Å². The first-order chi connectivity index (χ1) is 13.2. The van der Waals surface area contributed by atoms with Crippen LogP contribution in [0.1, 0.15) is 11.1 Å². The van der Waals surface area contributed by atoms with Crippen LogP contribution in [-0.2, 0) is 0 Å². The molecule has 2 heterocycles. The van der Waals surface area contributed by atoms with Gasteiger partial charge in [-0.1, -0.05) is 29.5 Å². The highest BCUT2D eigenvalue weighted by Gasteiger charge is 2.09. The Bertz CT molecular complexity index is 1150. The molecule has 0 radical (unpaired) electrons. The summed E-state index contributed by atoms with van der Waals surface area (Å²) in [6, 6.07) is 14.3. The summed E-state index contributed by atoms with van der Waals surface area (Å²) in [6.45, 7) is 0. The number of hydrogen-bond acceptors (Lipinski definition) is 5. The molecule has 4 aromatic rings. The first-order valence-electron chi connectivity index (χ1n) is 8.00. The van der Waals surface area contributed by atoms with E-state index in [0.29, 0.717) is 16.4 Å². The quantitative estimate of drug-likeness (QED) is 0.523. The number of tetrazole rings is 1. The third-order valence-corrected chi connectivity index (χ3v) is 4.21. The molecular weight excluding hydrogens is 362 g/mol. The van der Waals surface area contributed by atoms with Crippen molar-refractivity contribution in [2.45, 2.75) is 0 Å². The monoisotopic (exact) mass is 373 g/mol. The Morgan fingerprint density at radius 1 is 0.963 bits per heavy atom. The molecule has 0 atom stereocenters. The van der Waals surface area contributed by atoms with E-state index >= 15 is 0 Å². The van der Waals surface area contributed by atoms with E-state index in [0.717, 1.165) is 22.3 Å². The van der Waals surface area contributed by atoms with Crippen LogP contribution in [0.2, 0.25) is 5.02 Å². The number of hydrogen-bond donors (Lipinski definition) is 2. The molecule has 0 saturated carbocycles. The topological polar surface area (TPSA) is 87.6 Å². The molecule has 130 valence electrons. The lowest BCUT2D eigenvalue weighted by atomic mass is 9.98. The predicted octanol–water partition coefficient (Wildman–Crippen LogP) is 3.69. The average Bonchev–Trinajstić information content (AvgIpc) is 3.23. The van der Waals surface area contributed by atoms with E-state index in [-0.39, 0.29) is 5.75 Å². The van der Waals surface area contributed by atoms with Crippen LogP contribution in [0.3, 0.4) is 0 Å². The number of phenolic OH excluding ortho intramolecular Hbond substituents is 1. The number of phenols is 1. The zero-order valence-corrected chi connectivity index (χ0v) is 14.6. The van der Waals surface area contributed by atoms with Crippen molar-refractivity contribution in [2.24, 2.45) is 0 Å². The number of benzene rings is 2. The van der Waals surface area contributed by atoms with Crippen molar-refractivity contribution < 1.29 is 5.11 Å². The number of halogens is 1. The van der Waals surface area contributed by atoms with E-state index in [9.17, 15) is 5.11 Å². The Labute approximate surface area is 159 Å². The molecule has 2 N–H and O–H groups in total. The highest BCUT2D eigenvalue weighted by molar-refractivity contribution is 6.31. The van der Waals surface area contributed by atoms with Crippen LogP contribution >= 0.6 is 11.6 Å². The van der Waals surface area contributed by atoms with Crippen molar-refractivity contribution in [2.75, 3.05) is 0 Å². The van der Waals surface area contributed by atoms with Gasteiger partial charge >= 0.3 is 0 Å². The molecule has 0 amide bonds. The maximum Gasteiger partial charge on any atom is 0.179 e. The Morgan fingerprint density at radius 2 is 1.81 bits per heavy atom. The molecule has 0 saturated heterocycles. The SMILES string of the molecule is Oc1ccc(C#Cc2ccc(-c3nnn[nH]3)cc2-c2cccnc2)c(Cl)c1. The molecule has 0 unspecified atom stereocenters. The van der Waals surface area contributed by atoms with E-state index in [4.69, 9.17) is 11.6 Å². The van der Waals surface area contributed by atoms with Crippen molar-refractivity contribution in [1.29, 1.82) is 0 Å². The number of aromatic hydroxyl groups is 1.